The molecule has 5 nitrogen and oxygen atoms in total. The standard InChI is InChI=1S/C29H30O5/c1-34-26-13-10-21-6-4-20(16-24(21)18-26)17-25(30)12-9-22-11-15-28(31)27(22)14-5-19-2-7-23(8-3-19)29(32)33/h2-4,6-10,12-13,16,18,22,25,27,30H,5,11,14-15,17H2,1H3,(H,32,33)/t22-,25?,27+/m0/s1. The molecule has 0 bridgehead atoms. The summed E-state index contributed by atoms with van der Waals surface area (Å²) in [5.74, 6) is 0.205. The highest BCUT2D eigenvalue weighted by atomic mass is 16.5. The first-order valence-corrected chi connectivity index (χ1v) is 11.7. The predicted molar refractivity (Wildman–Crippen MR) is 132 cm³/mol. The van der Waals surface area contributed by atoms with E-state index in [1.54, 1.807) is 19.2 Å². The van der Waals surface area contributed by atoms with Crippen LogP contribution in [-0.4, -0.2) is 35.2 Å². The third-order valence-electron chi connectivity index (χ3n) is 6.74. The van der Waals surface area contributed by atoms with Gasteiger partial charge in [0.2, 0.25) is 0 Å². The van der Waals surface area contributed by atoms with Crippen molar-refractivity contribution in [3.8, 4) is 5.75 Å². The lowest BCUT2D eigenvalue weighted by atomic mass is 9.88. The molecule has 5 heteroatoms. The van der Waals surface area contributed by atoms with Crippen LogP contribution in [0, 0.1) is 11.8 Å². The molecular formula is C29H30O5. The summed E-state index contributed by atoms with van der Waals surface area (Å²) in [6.07, 6.45) is 6.55. The number of rotatable bonds is 9. The molecule has 3 aromatic rings. The first-order chi connectivity index (χ1) is 16.4. The van der Waals surface area contributed by atoms with Crippen LogP contribution in [0.5, 0.6) is 5.75 Å². The number of hydrogen-bond acceptors (Lipinski definition) is 4. The van der Waals surface area contributed by atoms with Crippen molar-refractivity contribution in [1.82, 2.24) is 0 Å². The number of allylic oxidation sites excluding steroid dienone is 1. The lowest BCUT2D eigenvalue weighted by molar-refractivity contribution is -0.121. The largest absolute Gasteiger partial charge is 0.497 e. The van der Waals surface area contributed by atoms with E-state index in [0.717, 1.165) is 46.9 Å². The lowest BCUT2D eigenvalue weighted by Gasteiger charge is -2.16. The van der Waals surface area contributed by atoms with Gasteiger partial charge in [0.05, 0.1) is 18.8 Å². The van der Waals surface area contributed by atoms with Crippen LogP contribution in [0.2, 0.25) is 0 Å². The third kappa shape index (κ3) is 5.72. The van der Waals surface area contributed by atoms with Gasteiger partial charge in [0.1, 0.15) is 11.5 Å². The van der Waals surface area contributed by atoms with Gasteiger partial charge in [-0.05, 0) is 71.3 Å². The summed E-state index contributed by atoms with van der Waals surface area (Å²) in [6.45, 7) is 0. The zero-order valence-corrected chi connectivity index (χ0v) is 19.3. The number of carboxylic acids is 1. The van der Waals surface area contributed by atoms with Crippen molar-refractivity contribution in [3.63, 3.8) is 0 Å². The normalized spacial score (nSPS) is 19.1. The Morgan fingerprint density at radius 1 is 1.06 bits per heavy atom. The van der Waals surface area contributed by atoms with Gasteiger partial charge in [-0.2, -0.15) is 0 Å². The number of carbonyl (C=O) groups excluding carboxylic acids is 1. The van der Waals surface area contributed by atoms with Crippen LogP contribution in [0.1, 0.15) is 40.7 Å². The Kier molecular flexibility index (Phi) is 7.43. The molecule has 0 aliphatic heterocycles. The number of methoxy groups -OCH3 is 1. The molecule has 2 N–H and O–H groups in total. The number of fused-ring (bicyclic) bond motifs is 1. The number of hydrogen-bond donors (Lipinski definition) is 2. The van der Waals surface area contributed by atoms with E-state index in [9.17, 15) is 14.7 Å². The molecule has 1 aliphatic rings. The summed E-state index contributed by atoms with van der Waals surface area (Å²) in [4.78, 5) is 23.5. The maximum atomic E-state index is 12.5. The second-order valence-electron chi connectivity index (χ2n) is 9.02. The molecule has 1 saturated carbocycles. The van der Waals surface area contributed by atoms with Crippen LogP contribution < -0.4 is 4.74 Å². The molecule has 3 atom stereocenters. The Bertz CT molecular complexity index is 1190. The maximum absolute atomic E-state index is 12.5. The van der Waals surface area contributed by atoms with Crippen LogP contribution in [-0.2, 0) is 17.6 Å². The Morgan fingerprint density at radius 2 is 1.79 bits per heavy atom. The summed E-state index contributed by atoms with van der Waals surface area (Å²) < 4.78 is 5.31. The predicted octanol–water partition coefficient (Wildman–Crippen LogP) is 5.23. The molecule has 0 spiro atoms. The molecule has 0 radical (unpaired) electrons. The van der Waals surface area contributed by atoms with Gasteiger partial charge < -0.3 is 14.9 Å². The number of benzene rings is 3. The fraction of sp³-hybridized carbons (Fsp3) is 0.310. The van der Waals surface area contributed by atoms with Gasteiger partial charge in [-0.15, -0.1) is 0 Å². The first-order valence-electron chi connectivity index (χ1n) is 11.7. The topological polar surface area (TPSA) is 83.8 Å². The van der Waals surface area contributed by atoms with E-state index < -0.39 is 12.1 Å². The van der Waals surface area contributed by atoms with E-state index in [2.05, 4.69) is 12.1 Å². The average molecular weight is 459 g/mol. The molecular weight excluding hydrogens is 428 g/mol. The van der Waals surface area contributed by atoms with E-state index in [1.165, 1.54) is 0 Å². The molecule has 0 saturated heterocycles. The van der Waals surface area contributed by atoms with Crippen molar-refractivity contribution < 1.29 is 24.5 Å². The van der Waals surface area contributed by atoms with Gasteiger partial charge >= 0.3 is 5.97 Å². The fourth-order valence-corrected chi connectivity index (χ4v) is 4.78. The van der Waals surface area contributed by atoms with E-state index in [1.807, 2.05) is 48.6 Å². The monoisotopic (exact) mass is 458 g/mol. The van der Waals surface area contributed by atoms with Gasteiger partial charge in [-0.3, -0.25) is 4.79 Å². The highest BCUT2D eigenvalue weighted by Crippen LogP contribution is 2.33. The second-order valence-corrected chi connectivity index (χ2v) is 9.02. The summed E-state index contributed by atoms with van der Waals surface area (Å²) in [7, 11) is 1.65. The van der Waals surface area contributed by atoms with Crippen molar-refractivity contribution in [2.24, 2.45) is 11.8 Å². The first kappa shape index (κ1) is 23.7. The number of aryl methyl sites for hydroxylation is 1. The van der Waals surface area contributed by atoms with Crippen LogP contribution in [0.4, 0.5) is 0 Å². The van der Waals surface area contributed by atoms with Crippen molar-refractivity contribution in [2.45, 2.75) is 38.2 Å². The maximum Gasteiger partial charge on any atom is 0.335 e. The number of aromatic carboxylic acids is 1. The molecule has 1 unspecified atom stereocenters. The Morgan fingerprint density at radius 3 is 2.53 bits per heavy atom. The van der Waals surface area contributed by atoms with Crippen molar-refractivity contribution in [3.05, 3.63) is 89.5 Å². The molecule has 0 heterocycles. The molecule has 34 heavy (non-hydrogen) atoms. The lowest BCUT2D eigenvalue weighted by Crippen LogP contribution is -2.15. The Balaban J connectivity index is 1.36. The van der Waals surface area contributed by atoms with Gasteiger partial charge in [-0.1, -0.05) is 48.6 Å². The minimum absolute atomic E-state index is 0.0595. The van der Waals surface area contributed by atoms with Crippen LogP contribution in [0.3, 0.4) is 0 Å². The molecule has 0 aromatic heterocycles. The number of ketones is 1. The van der Waals surface area contributed by atoms with E-state index >= 15 is 0 Å². The number of aliphatic hydroxyl groups excluding tert-OH is 1. The third-order valence-corrected chi connectivity index (χ3v) is 6.74. The molecule has 176 valence electrons. The SMILES string of the molecule is COc1ccc2ccc(CC(O)C=C[C@H]3CCC(=O)[C@@H]3CCc3ccc(C(=O)O)cc3)cc2c1. The highest BCUT2D eigenvalue weighted by Gasteiger charge is 2.32. The molecule has 4 rings (SSSR count). The smallest absolute Gasteiger partial charge is 0.335 e. The quantitative estimate of drug-likeness (QED) is 0.429. The fourth-order valence-electron chi connectivity index (χ4n) is 4.78. The van der Waals surface area contributed by atoms with E-state index in [0.29, 0.717) is 12.8 Å². The molecule has 0 amide bonds. The Labute approximate surface area is 199 Å². The van der Waals surface area contributed by atoms with Gasteiger partial charge in [0.25, 0.3) is 0 Å². The number of carbonyl (C=O) groups is 2. The molecule has 1 fully saturated rings. The van der Waals surface area contributed by atoms with Crippen molar-refractivity contribution >= 4 is 22.5 Å². The zero-order chi connectivity index (χ0) is 24.1. The van der Waals surface area contributed by atoms with Crippen LogP contribution >= 0.6 is 0 Å². The van der Waals surface area contributed by atoms with Gasteiger partial charge in [0.15, 0.2) is 0 Å². The summed E-state index contributed by atoms with van der Waals surface area (Å²) >= 11 is 0. The zero-order valence-electron chi connectivity index (χ0n) is 19.3. The average Bonchev–Trinajstić information content (AvgIpc) is 3.20. The summed E-state index contributed by atoms with van der Waals surface area (Å²) in [5, 5.41) is 21.9. The number of aliphatic hydroxyl groups is 1. The number of carboxylic acid groups (broad SMARTS) is 1. The van der Waals surface area contributed by atoms with Crippen molar-refractivity contribution in [2.75, 3.05) is 7.11 Å². The summed E-state index contributed by atoms with van der Waals surface area (Å²) in [6, 6.07) is 18.9. The van der Waals surface area contributed by atoms with E-state index in [-0.39, 0.29) is 23.2 Å². The minimum Gasteiger partial charge on any atom is -0.497 e. The minimum atomic E-state index is -0.940. The van der Waals surface area contributed by atoms with Gasteiger partial charge in [0, 0.05) is 18.8 Å². The van der Waals surface area contributed by atoms with Crippen molar-refractivity contribution in [1.29, 1.82) is 0 Å². The van der Waals surface area contributed by atoms with E-state index in [4.69, 9.17) is 9.84 Å². The van der Waals surface area contributed by atoms with Crippen LogP contribution in [0.25, 0.3) is 10.8 Å². The Hall–Kier alpha value is -3.44. The van der Waals surface area contributed by atoms with Crippen LogP contribution in [0.15, 0.2) is 72.8 Å². The number of ether oxygens (including phenoxy) is 1. The molecule has 3 aromatic carbocycles. The van der Waals surface area contributed by atoms with Gasteiger partial charge in [-0.25, -0.2) is 4.79 Å². The highest BCUT2D eigenvalue weighted by molar-refractivity contribution is 5.87. The number of Topliss-reactive ketones (excluding diaryl/α,β-unsaturated/α-hetero) is 1. The summed E-state index contributed by atoms with van der Waals surface area (Å²) in [5.41, 5.74) is 2.34. The second kappa shape index (κ2) is 10.7. The molecule has 1 aliphatic carbocycles.